The summed E-state index contributed by atoms with van der Waals surface area (Å²) in [6.07, 6.45) is 1.53. The van der Waals surface area contributed by atoms with E-state index in [9.17, 15) is 4.79 Å². The number of amides is 1. The Bertz CT molecular complexity index is 761. The molecule has 0 saturated carbocycles. The molecule has 0 aromatic carbocycles. The third-order valence-corrected chi connectivity index (χ3v) is 5.01. The maximum absolute atomic E-state index is 12.2. The molecule has 0 aliphatic carbocycles. The molecule has 130 valence electrons. The minimum Gasteiger partial charge on any atom is -0.444 e. The first-order valence-corrected chi connectivity index (χ1v) is 9.51. The third kappa shape index (κ3) is 3.74. The highest BCUT2D eigenvalue weighted by atomic mass is 79.9. The van der Waals surface area contributed by atoms with Crippen LogP contribution in [0.15, 0.2) is 15.3 Å². The molecule has 6 nitrogen and oxygen atoms in total. The Morgan fingerprint density at radius 3 is 2.62 bits per heavy atom. The molecule has 3 rings (SSSR count). The summed E-state index contributed by atoms with van der Waals surface area (Å²) in [5, 5.41) is 8.60. The van der Waals surface area contributed by atoms with Crippen molar-refractivity contribution < 1.29 is 9.53 Å². The van der Waals surface area contributed by atoms with E-state index in [0.717, 1.165) is 38.6 Å². The fourth-order valence-corrected chi connectivity index (χ4v) is 4.09. The monoisotopic (exact) mass is 458 g/mol. The van der Waals surface area contributed by atoms with Crippen LogP contribution in [0.3, 0.4) is 0 Å². The average Bonchev–Trinajstić information content (AvgIpc) is 2.89. The van der Waals surface area contributed by atoms with Gasteiger partial charge in [0.1, 0.15) is 20.3 Å². The molecule has 1 aliphatic rings. The summed E-state index contributed by atoms with van der Waals surface area (Å²) < 4.78 is 6.95. The maximum atomic E-state index is 12.2. The van der Waals surface area contributed by atoms with E-state index >= 15 is 0 Å². The van der Waals surface area contributed by atoms with Gasteiger partial charge in [-0.3, -0.25) is 5.10 Å². The molecular weight excluding hydrogens is 440 g/mol. The molecule has 0 bridgehead atoms. The van der Waals surface area contributed by atoms with Gasteiger partial charge < -0.3 is 9.64 Å². The Morgan fingerprint density at radius 2 is 2.00 bits per heavy atom. The first kappa shape index (κ1) is 17.7. The Kier molecular flexibility index (Phi) is 4.88. The van der Waals surface area contributed by atoms with Crippen molar-refractivity contribution in [1.82, 2.24) is 20.1 Å². The van der Waals surface area contributed by atoms with Gasteiger partial charge in [-0.15, -0.1) is 0 Å². The number of fused-ring (bicyclic) bond motifs is 1. The lowest BCUT2D eigenvalue weighted by Gasteiger charge is -2.33. The predicted molar refractivity (Wildman–Crippen MR) is 99.1 cm³/mol. The highest BCUT2D eigenvalue weighted by Gasteiger charge is 2.29. The molecule has 0 unspecified atom stereocenters. The van der Waals surface area contributed by atoms with E-state index in [4.69, 9.17) is 4.74 Å². The van der Waals surface area contributed by atoms with Gasteiger partial charge in [-0.1, -0.05) is 0 Å². The van der Waals surface area contributed by atoms with E-state index in [0.29, 0.717) is 19.0 Å². The molecule has 2 aromatic heterocycles. The molecular formula is C16H20Br2N4O2. The number of ether oxygens (including phenoxy) is 1. The topological polar surface area (TPSA) is 71.1 Å². The normalized spacial score (nSPS) is 16.6. The van der Waals surface area contributed by atoms with Crippen LogP contribution in [0.25, 0.3) is 10.9 Å². The number of nitrogens with zero attached hydrogens (tertiary/aromatic N) is 3. The minimum absolute atomic E-state index is 0.231. The van der Waals surface area contributed by atoms with Crippen molar-refractivity contribution in [2.75, 3.05) is 13.1 Å². The van der Waals surface area contributed by atoms with E-state index in [1.54, 1.807) is 4.90 Å². The molecule has 1 aliphatic heterocycles. The summed E-state index contributed by atoms with van der Waals surface area (Å²) in [6.45, 7) is 7.04. The van der Waals surface area contributed by atoms with Gasteiger partial charge in [0.15, 0.2) is 0 Å². The van der Waals surface area contributed by atoms with Crippen LogP contribution in [-0.2, 0) is 4.74 Å². The highest BCUT2D eigenvalue weighted by Crippen LogP contribution is 2.34. The lowest BCUT2D eigenvalue weighted by molar-refractivity contribution is 0.0204. The number of hydrogen-bond acceptors (Lipinski definition) is 4. The molecule has 1 saturated heterocycles. The molecule has 1 N–H and O–H groups in total. The van der Waals surface area contributed by atoms with Crippen LogP contribution in [0.5, 0.6) is 0 Å². The van der Waals surface area contributed by atoms with Gasteiger partial charge in [-0.05, 0) is 71.5 Å². The Labute approximate surface area is 157 Å². The predicted octanol–water partition coefficient (Wildman–Crippen LogP) is 4.60. The van der Waals surface area contributed by atoms with Crippen LogP contribution in [-0.4, -0.2) is 44.9 Å². The van der Waals surface area contributed by atoms with E-state index in [2.05, 4.69) is 47.0 Å². The van der Waals surface area contributed by atoms with Crippen molar-refractivity contribution in [2.24, 2.45) is 0 Å². The first-order valence-electron chi connectivity index (χ1n) is 7.92. The van der Waals surface area contributed by atoms with Crippen molar-refractivity contribution >= 4 is 48.9 Å². The number of pyridine rings is 1. The van der Waals surface area contributed by atoms with Crippen molar-refractivity contribution in [3.63, 3.8) is 0 Å². The number of nitrogens with one attached hydrogen (secondary N) is 1. The van der Waals surface area contributed by atoms with Gasteiger partial charge >= 0.3 is 6.09 Å². The number of halogens is 2. The Morgan fingerprint density at radius 1 is 1.33 bits per heavy atom. The largest absolute Gasteiger partial charge is 0.444 e. The second kappa shape index (κ2) is 6.63. The van der Waals surface area contributed by atoms with Gasteiger partial charge in [-0.25, -0.2) is 9.78 Å². The van der Waals surface area contributed by atoms with Gasteiger partial charge in [0.05, 0.1) is 0 Å². The standard InChI is InChI=1S/C16H20Br2N4O2/c1-16(2,3)24-15(23)22-6-4-9(5-7-22)12-10-8-11(17)19-14(18)13(10)21-20-12/h8-9H,4-7H2,1-3H3,(H,20,21). The zero-order chi connectivity index (χ0) is 17.5. The quantitative estimate of drug-likeness (QED) is 0.632. The summed E-state index contributed by atoms with van der Waals surface area (Å²) in [5.41, 5.74) is 1.49. The molecule has 1 amide bonds. The van der Waals surface area contributed by atoms with Gasteiger partial charge in [-0.2, -0.15) is 5.10 Å². The SMILES string of the molecule is CC(C)(C)OC(=O)N1CCC(c2[nH]nc3c(Br)nc(Br)cc23)CC1. The fraction of sp³-hybridized carbons (Fsp3) is 0.562. The summed E-state index contributed by atoms with van der Waals surface area (Å²) in [4.78, 5) is 18.3. The maximum Gasteiger partial charge on any atom is 0.410 e. The van der Waals surface area contributed by atoms with Crippen molar-refractivity contribution in [3.8, 4) is 0 Å². The van der Waals surface area contributed by atoms with Gasteiger partial charge in [0.25, 0.3) is 0 Å². The number of piperidine rings is 1. The second-order valence-corrected chi connectivity index (χ2v) is 8.57. The lowest BCUT2D eigenvalue weighted by Crippen LogP contribution is -2.41. The molecule has 1 fully saturated rings. The van der Waals surface area contributed by atoms with E-state index < -0.39 is 5.60 Å². The summed E-state index contributed by atoms with van der Waals surface area (Å²) in [6, 6.07) is 1.99. The number of hydrogen-bond donors (Lipinski definition) is 1. The van der Waals surface area contributed by atoms with Crippen LogP contribution in [0.4, 0.5) is 4.79 Å². The number of aromatic amines is 1. The van der Waals surface area contributed by atoms with Crippen LogP contribution in [0.2, 0.25) is 0 Å². The fourth-order valence-electron chi connectivity index (χ4n) is 2.95. The average molecular weight is 460 g/mol. The molecule has 0 radical (unpaired) electrons. The minimum atomic E-state index is -0.459. The Balaban J connectivity index is 1.72. The van der Waals surface area contributed by atoms with Crippen LogP contribution >= 0.6 is 31.9 Å². The first-order chi connectivity index (χ1) is 11.2. The highest BCUT2D eigenvalue weighted by molar-refractivity contribution is 9.11. The summed E-state index contributed by atoms with van der Waals surface area (Å²) in [7, 11) is 0. The van der Waals surface area contributed by atoms with Crippen LogP contribution in [0.1, 0.15) is 45.2 Å². The van der Waals surface area contributed by atoms with E-state index in [1.165, 1.54) is 0 Å². The van der Waals surface area contributed by atoms with Crippen molar-refractivity contribution in [3.05, 3.63) is 21.0 Å². The Hall–Kier alpha value is -1.15. The second-order valence-electron chi connectivity index (χ2n) is 7.01. The molecule has 24 heavy (non-hydrogen) atoms. The van der Waals surface area contributed by atoms with Gasteiger partial charge in [0.2, 0.25) is 0 Å². The zero-order valence-corrected chi connectivity index (χ0v) is 17.1. The third-order valence-electron chi connectivity index (χ3n) is 4.05. The zero-order valence-electron chi connectivity index (χ0n) is 13.9. The summed E-state index contributed by atoms with van der Waals surface area (Å²) in [5.74, 6) is 0.342. The van der Waals surface area contributed by atoms with Crippen molar-refractivity contribution in [1.29, 1.82) is 0 Å². The smallest absolute Gasteiger partial charge is 0.410 e. The van der Waals surface area contributed by atoms with Crippen LogP contribution in [0, 0.1) is 0 Å². The molecule has 2 aromatic rings. The van der Waals surface area contributed by atoms with E-state index in [1.807, 2.05) is 26.8 Å². The molecule has 0 atom stereocenters. The molecule has 8 heteroatoms. The summed E-state index contributed by atoms with van der Waals surface area (Å²) >= 11 is 6.88. The van der Waals surface area contributed by atoms with Gasteiger partial charge in [0, 0.05) is 30.1 Å². The number of aromatic nitrogens is 3. The number of H-pyrrole nitrogens is 1. The molecule has 3 heterocycles. The number of carbonyl (C=O) groups is 1. The van der Waals surface area contributed by atoms with Crippen LogP contribution < -0.4 is 0 Å². The lowest BCUT2D eigenvalue weighted by atomic mass is 9.92. The van der Waals surface area contributed by atoms with Crippen molar-refractivity contribution in [2.45, 2.75) is 45.1 Å². The van der Waals surface area contributed by atoms with E-state index in [-0.39, 0.29) is 6.09 Å². The number of likely N-dealkylation sites (tertiary alicyclic amines) is 1. The number of rotatable bonds is 1. The molecule has 0 spiro atoms. The number of carbonyl (C=O) groups excluding carboxylic acids is 1.